The summed E-state index contributed by atoms with van der Waals surface area (Å²) in [6, 6.07) is 18.0. The number of hydrogen-bond donors (Lipinski definition) is 0. The molecule has 0 bridgehead atoms. The minimum Gasteiger partial charge on any atom is -0.372 e. The number of halogens is 3. The summed E-state index contributed by atoms with van der Waals surface area (Å²) >= 11 is 0. The van der Waals surface area contributed by atoms with Gasteiger partial charge in [-0.05, 0) is 92.1 Å². The molecule has 0 saturated carbocycles. The Labute approximate surface area is 184 Å². The molecular weight excluding hydrogens is 415 g/mol. The predicted molar refractivity (Wildman–Crippen MR) is 119 cm³/mol. The molecule has 0 unspecified atom stereocenters. The van der Waals surface area contributed by atoms with Crippen LogP contribution >= 0.6 is 0 Å². The van der Waals surface area contributed by atoms with E-state index in [0.717, 1.165) is 36.5 Å². The highest BCUT2D eigenvalue weighted by molar-refractivity contribution is 5.55. The van der Waals surface area contributed by atoms with Crippen LogP contribution in [0.2, 0.25) is 0 Å². The molecule has 0 N–H and O–H groups in total. The second kappa shape index (κ2) is 9.30. The summed E-state index contributed by atoms with van der Waals surface area (Å²) in [5.41, 5.74) is 3.74. The zero-order valence-corrected chi connectivity index (χ0v) is 17.5. The highest BCUT2D eigenvalue weighted by Gasteiger charge is 2.29. The summed E-state index contributed by atoms with van der Waals surface area (Å²) < 4.78 is 37.9. The van der Waals surface area contributed by atoms with E-state index in [1.54, 1.807) is 12.1 Å². The summed E-state index contributed by atoms with van der Waals surface area (Å²) in [7, 11) is 0. The van der Waals surface area contributed by atoms with Crippen LogP contribution in [0.4, 0.5) is 41.6 Å². The molecule has 4 rings (SSSR count). The Morgan fingerprint density at radius 1 is 0.688 bits per heavy atom. The molecule has 0 spiro atoms. The number of azo groups is 2. The molecule has 0 radical (unpaired) electrons. The maximum Gasteiger partial charge on any atom is 0.416 e. The second-order valence-corrected chi connectivity index (χ2v) is 7.63. The first-order chi connectivity index (χ1) is 15.4. The lowest BCUT2D eigenvalue weighted by Gasteiger charge is -2.17. The van der Waals surface area contributed by atoms with E-state index in [9.17, 15) is 13.2 Å². The van der Waals surface area contributed by atoms with E-state index in [1.807, 2.05) is 25.1 Å². The Kier molecular flexibility index (Phi) is 6.30. The summed E-state index contributed by atoms with van der Waals surface area (Å²) in [5.74, 6) is 0. The summed E-state index contributed by atoms with van der Waals surface area (Å²) in [6.45, 7) is 4.07. The van der Waals surface area contributed by atoms with Gasteiger partial charge in [0.15, 0.2) is 0 Å². The molecule has 164 valence electrons. The molecular formula is C24H22F3N5. The van der Waals surface area contributed by atoms with Crippen molar-refractivity contribution >= 4 is 28.4 Å². The van der Waals surface area contributed by atoms with Crippen LogP contribution in [0.5, 0.6) is 0 Å². The molecule has 1 fully saturated rings. The molecule has 8 heteroatoms. The van der Waals surface area contributed by atoms with Gasteiger partial charge in [-0.3, -0.25) is 0 Å². The SMILES string of the molecule is Cc1cc(/N=N/c2ccc(N3CCCC3)cc2)ccc1/N=N/c1ccc(C(F)(F)F)cc1. The van der Waals surface area contributed by atoms with E-state index in [0.29, 0.717) is 17.1 Å². The van der Waals surface area contributed by atoms with Crippen LogP contribution in [-0.2, 0) is 6.18 Å². The number of nitrogens with zero attached hydrogens (tertiary/aromatic N) is 5. The first-order valence-electron chi connectivity index (χ1n) is 10.3. The Balaban J connectivity index is 1.41. The van der Waals surface area contributed by atoms with Gasteiger partial charge in [0, 0.05) is 18.8 Å². The average molecular weight is 437 g/mol. The minimum atomic E-state index is -4.37. The summed E-state index contributed by atoms with van der Waals surface area (Å²) in [4.78, 5) is 2.36. The smallest absolute Gasteiger partial charge is 0.372 e. The lowest BCUT2D eigenvalue weighted by molar-refractivity contribution is -0.137. The third-order valence-corrected chi connectivity index (χ3v) is 5.25. The fraction of sp³-hybridized carbons (Fsp3) is 0.250. The normalized spacial score (nSPS) is 14.7. The van der Waals surface area contributed by atoms with Gasteiger partial charge in [0.2, 0.25) is 0 Å². The number of aryl methyl sites for hydroxylation is 1. The van der Waals surface area contributed by atoms with Crippen molar-refractivity contribution in [1.29, 1.82) is 0 Å². The molecule has 1 aliphatic heterocycles. The Morgan fingerprint density at radius 3 is 1.81 bits per heavy atom. The third kappa shape index (κ3) is 5.38. The molecule has 5 nitrogen and oxygen atoms in total. The number of hydrogen-bond acceptors (Lipinski definition) is 5. The number of alkyl halides is 3. The van der Waals surface area contributed by atoms with Crippen molar-refractivity contribution in [2.45, 2.75) is 25.9 Å². The van der Waals surface area contributed by atoms with Gasteiger partial charge in [-0.25, -0.2) is 0 Å². The van der Waals surface area contributed by atoms with E-state index in [1.165, 1.54) is 30.7 Å². The van der Waals surface area contributed by atoms with Crippen LogP contribution in [0, 0.1) is 6.92 Å². The monoisotopic (exact) mass is 437 g/mol. The first kappa shape index (κ1) is 21.7. The Morgan fingerprint density at radius 2 is 1.22 bits per heavy atom. The maximum absolute atomic E-state index is 12.6. The van der Waals surface area contributed by atoms with Gasteiger partial charge < -0.3 is 4.90 Å². The topological polar surface area (TPSA) is 52.7 Å². The molecule has 1 aliphatic rings. The quantitative estimate of drug-likeness (QED) is 0.369. The molecule has 1 saturated heterocycles. The van der Waals surface area contributed by atoms with Crippen molar-refractivity contribution in [3.8, 4) is 0 Å². The van der Waals surface area contributed by atoms with Gasteiger partial charge in [0.25, 0.3) is 0 Å². The lowest BCUT2D eigenvalue weighted by Crippen LogP contribution is -2.17. The Bertz CT molecular complexity index is 1110. The average Bonchev–Trinajstić information content (AvgIpc) is 3.32. The molecule has 0 aliphatic carbocycles. The largest absolute Gasteiger partial charge is 0.416 e. The van der Waals surface area contributed by atoms with Crippen LogP contribution in [0.15, 0.2) is 87.2 Å². The highest BCUT2D eigenvalue weighted by atomic mass is 19.4. The van der Waals surface area contributed by atoms with Crippen molar-refractivity contribution in [2.75, 3.05) is 18.0 Å². The third-order valence-electron chi connectivity index (χ3n) is 5.25. The van der Waals surface area contributed by atoms with E-state index in [-0.39, 0.29) is 0 Å². The summed E-state index contributed by atoms with van der Waals surface area (Å²) in [6.07, 6.45) is -1.89. The zero-order chi connectivity index (χ0) is 22.6. The fourth-order valence-electron chi connectivity index (χ4n) is 3.46. The van der Waals surface area contributed by atoms with Gasteiger partial charge in [-0.1, -0.05) is 0 Å². The number of benzene rings is 3. The first-order valence-corrected chi connectivity index (χ1v) is 10.3. The van der Waals surface area contributed by atoms with Gasteiger partial charge in [-0.2, -0.15) is 33.6 Å². The minimum absolute atomic E-state index is 0.346. The standard InChI is InChI=1S/C24H22F3N5/c1-17-16-21(30-28-20-8-11-22(12-9-20)32-14-2-3-15-32)10-13-23(17)31-29-19-6-4-18(5-7-19)24(25,26)27/h4-13,16H,2-3,14-15H2,1H3/b30-28+,31-29+. The van der Waals surface area contributed by atoms with Gasteiger partial charge in [0.1, 0.15) is 0 Å². The fourth-order valence-corrected chi connectivity index (χ4v) is 3.46. The van der Waals surface area contributed by atoms with Crippen LogP contribution in [0.25, 0.3) is 0 Å². The van der Waals surface area contributed by atoms with E-state index >= 15 is 0 Å². The van der Waals surface area contributed by atoms with Gasteiger partial charge >= 0.3 is 6.18 Å². The lowest BCUT2D eigenvalue weighted by atomic mass is 10.2. The number of rotatable bonds is 5. The van der Waals surface area contributed by atoms with Crippen molar-refractivity contribution < 1.29 is 13.2 Å². The van der Waals surface area contributed by atoms with Crippen LogP contribution in [-0.4, -0.2) is 13.1 Å². The molecule has 0 amide bonds. The van der Waals surface area contributed by atoms with Gasteiger partial charge in [-0.15, -0.1) is 0 Å². The molecule has 32 heavy (non-hydrogen) atoms. The zero-order valence-electron chi connectivity index (χ0n) is 17.5. The molecule has 1 heterocycles. The van der Waals surface area contributed by atoms with E-state index in [2.05, 4.69) is 37.5 Å². The maximum atomic E-state index is 12.6. The van der Waals surface area contributed by atoms with Crippen LogP contribution in [0.3, 0.4) is 0 Å². The molecule has 3 aromatic rings. The highest BCUT2D eigenvalue weighted by Crippen LogP contribution is 2.32. The van der Waals surface area contributed by atoms with Crippen LogP contribution in [0.1, 0.15) is 24.0 Å². The Hall–Kier alpha value is -3.55. The van der Waals surface area contributed by atoms with E-state index in [4.69, 9.17) is 0 Å². The molecule has 0 aromatic heterocycles. The van der Waals surface area contributed by atoms with Gasteiger partial charge in [0.05, 0.1) is 28.3 Å². The van der Waals surface area contributed by atoms with Crippen molar-refractivity contribution in [3.05, 3.63) is 77.9 Å². The van der Waals surface area contributed by atoms with Crippen molar-refractivity contribution in [3.63, 3.8) is 0 Å². The summed E-state index contributed by atoms with van der Waals surface area (Å²) in [5, 5.41) is 16.8. The molecule has 0 atom stereocenters. The second-order valence-electron chi connectivity index (χ2n) is 7.63. The van der Waals surface area contributed by atoms with Crippen molar-refractivity contribution in [1.82, 2.24) is 0 Å². The van der Waals surface area contributed by atoms with Crippen molar-refractivity contribution in [2.24, 2.45) is 20.5 Å². The van der Waals surface area contributed by atoms with Crippen LogP contribution < -0.4 is 4.90 Å². The molecule has 3 aromatic carbocycles. The number of anilines is 1. The predicted octanol–water partition coefficient (Wildman–Crippen LogP) is 8.44. The van der Waals surface area contributed by atoms with E-state index < -0.39 is 11.7 Å².